The minimum atomic E-state index is -0.420. The number of thiocarbonyl (C=S) groups is 1. The Kier molecular flexibility index (Phi) is 4.93. The second-order valence-corrected chi connectivity index (χ2v) is 7.24. The maximum absolute atomic E-state index is 12.8. The first-order valence-corrected chi connectivity index (χ1v) is 9.44. The molecule has 0 radical (unpaired) electrons. The third-order valence-electron chi connectivity index (χ3n) is 4.28. The number of hydrogen-bond donors (Lipinski definition) is 1. The van der Waals surface area contributed by atoms with E-state index in [1.54, 1.807) is 47.6 Å². The molecule has 0 aliphatic rings. The molecule has 0 aliphatic carbocycles. The summed E-state index contributed by atoms with van der Waals surface area (Å²) in [6, 6.07) is 10.4. The van der Waals surface area contributed by atoms with Crippen molar-refractivity contribution in [1.82, 2.24) is 9.55 Å². The molecule has 0 saturated heterocycles. The minimum absolute atomic E-state index is 0.209. The van der Waals surface area contributed by atoms with Crippen molar-refractivity contribution in [3.63, 3.8) is 0 Å². The summed E-state index contributed by atoms with van der Waals surface area (Å²) in [7, 11) is 0. The molecular weight excluding hydrogens is 417 g/mol. The van der Waals surface area contributed by atoms with Crippen LogP contribution in [0.15, 0.2) is 59.5 Å². The molecule has 4 aromatic rings. The first kappa shape index (κ1) is 18.7. The van der Waals surface area contributed by atoms with E-state index in [1.807, 2.05) is 19.1 Å². The van der Waals surface area contributed by atoms with Crippen molar-refractivity contribution in [2.45, 2.75) is 6.92 Å². The third kappa shape index (κ3) is 3.20. The summed E-state index contributed by atoms with van der Waals surface area (Å²) in [5, 5.41) is 4.17. The number of carbonyl (C=O) groups excluding carboxylic acids is 1. The summed E-state index contributed by atoms with van der Waals surface area (Å²) in [6.07, 6.45) is 5.06. The summed E-state index contributed by atoms with van der Waals surface area (Å²) >= 11 is 17.9. The second-order valence-electron chi connectivity index (χ2n) is 6.04. The molecule has 0 unspecified atom stereocenters. The number of amides is 1. The standard InChI is InChI=1S/C20H13Cl2N3O2S/c1-11-16(20(28)25-9-8-23-10-25)12-4-2-7-15(18(12)27-11)24-19(26)17-13(21)5-3-6-14(17)22/h2-10H,1H3,(H,24,26). The topological polar surface area (TPSA) is 60.1 Å². The number of aryl methyl sites for hydroxylation is 1. The summed E-state index contributed by atoms with van der Waals surface area (Å²) in [4.78, 5) is 17.3. The summed E-state index contributed by atoms with van der Waals surface area (Å²) < 4.78 is 7.68. The molecular formula is C20H13Cl2N3O2S. The van der Waals surface area contributed by atoms with Crippen molar-refractivity contribution >= 4 is 63.0 Å². The Bertz CT molecular complexity index is 1200. The molecule has 2 aromatic carbocycles. The Labute approximate surface area is 175 Å². The minimum Gasteiger partial charge on any atom is -0.458 e. The average Bonchev–Trinajstić information content (AvgIpc) is 3.29. The van der Waals surface area contributed by atoms with E-state index in [-0.39, 0.29) is 15.6 Å². The zero-order chi connectivity index (χ0) is 19.8. The maximum atomic E-state index is 12.8. The lowest BCUT2D eigenvalue weighted by Gasteiger charge is -2.09. The molecule has 1 N–H and O–H groups in total. The lowest BCUT2D eigenvalue weighted by molar-refractivity contribution is 0.102. The second kappa shape index (κ2) is 7.39. The van der Waals surface area contributed by atoms with Crippen LogP contribution in [0, 0.1) is 6.92 Å². The number of benzene rings is 2. The van der Waals surface area contributed by atoms with Gasteiger partial charge < -0.3 is 9.73 Å². The fourth-order valence-electron chi connectivity index (χ4n) is 3.01. The number of carbonyl (C=O) groups is 1. The highest BCUT2D eigenvalue weighted by molar-refractivity contribution is 7.80. The van der Waals surface area contributed by atoms with Crippen molar-refractivity contribution in [1.29, 1.82) is 0 Å². The van der Waals surface area contributed by atoms with Crippen LogP contribution in [-0.2, 0) is 0 Å². The van der Waals surface area contributed by atoms with E-state index in [2.05, 4.69) is 10.3 Å². The lowest BCUT2D eigenvalue weighted by Crippen LogP contribution is -2.13. The van der Waals surface area contributed by atoms with Gasteiger partial charge in [-0.3, -0.25) is 9.36 Å². The monoisotopic (exact) mass is 429 g/mol. The highest BCUT2D eigenvalue weighted by Crippen LogP contribution is 2.33. The molecule has 8 heteroatoms. The molecule has 0 atom stereocenters. The molecule has 1 amide bonds. The van der Waals surface area contributed by atoms with Gasteiger partial charge in [-0.25, -0.2) is 4.98 Å². The van der Waals surface area contributed by atoms with Gasteiger partial charge in [0.25, 0.3) is 5.91 Å². The van der Waals surface area contributed by atoms with Crippen molar-refractivity contribution in [3.8, 4) is 0 Å². The SMILES string of the molecule is Cc1oc2c(NC(=O)c3c(Cl)cccc3Cl)cccc2c1C(=S)n1ccnc1. The first-order valence-electron chi connectivity index (χ1n) is 8.27. The molecule has 2 heterocycles. The van der Waals surface area contributed by atoms with Crippen LogP contribution >= 0.6 is 35.4 Å². The highest BCUT2D eigenvalue weighted by atomic mass is 35.5. The molecule has 0 bridgehead atoms. The fraction of sp³-hybridized carbons (Fsp3) is 0.0500. The van der Waals surface area contributed by atoms with E-state index in [4.69, 9.17) is 39.8 Å². The number of rotatable bonds is 3. The van der Waals surface area contributed by atoms with Gasteiger partial charge in [-0.05, 0) is 25.1 Å². The van der Waals surface area contributed by atoms with Crippen LogP contribution in [0.4, 0.5) is 5.69 Å². The van der Waals surface area contributed by atoms with Crippen LogP contribution in [0.3, 0.4) is 0 Å². The van der Waals surface area contributed by atoms with Gasteiger partial charge in [0.1, 0.15) is 10.7 Å². The van der Waals surface area contributed by atoms with Crippen LogP contribution in [0.2, 0.25) is 10.0 Å². The molecule has 140 valence electrons. The van der Waals surface area contributed by atoms with Crippen LogP contribution in [0.5, 0.6) is 0 Å². The predicted octanol–water partition coefficient (Wildman–Crippen LogP) is 5.72. The first-order chi connectivity index (χ1) is 13.5. The molecule has 4 rings (SSSR count). The Morgan fingerprint density at radius 1 is 1.14 bits per heavy atom. The van der Waals surface area contributed by atoms with Gasteiger partial charge in [-0.1, -0.05) is 53.6 Å². The number of nitrogens with zero attached hydrogens (tertiary/aromatic N) is 2. The van der Waals surface area contributed by atoms with E-state index in [0.717, 1.165) is 10.9 Å². The molecule has 0 aliphatic heterocycles. The van der Waals surface area contributed by atoms with Crippen molar-refractivity contribution in [2.75, 3.05) is 5.32 Å². The number of hydrogen-bond acceptors (Lipinski definition) is 4. The zero-order valence-electron chi connectivity index (χ0n) is 14.6. The Balaban J connectivity index is 1.77. The maximum Gasteiger partial charge on any atom is 0.258 e. The van der Waals surface area contributed by atoms with E-state index in [1.165, 1.54) is 0 Å². The Hall–Kier alpha value is -2.67. The van der Waals surface area contributed by atoms with Gasteiger partial charge in [-0.2, -0.15) is 0 Å². The van der Waals surface area contributed by atoms with Crippen LogP contribution in [0.1, 0.15) is 21.7 Å². The normalized spacial score (nSPS) is 11.0. The molecule has 0 fully saturated rings. The van der Waals surface area contributed by atoms with Crippen LogP contribution in [0.25, 0.3) is 11.0 Å². The fourth-order valence-corrected chi connectivity index (χ4v) is 3.94. The molecule has 0 spiro atoms. The number of aromatic nitrogens is 2. The summed E-state index contributed by atoms with van der Waals surface area (Å²) in [5.74, 6) is 0.224. The number of fused-ring (bicyclic) bond motifs is 1. The number of imidazole rings is 1. The van der Waals surface area contributed by atoms with Crippen LogP contribution in [-0.4, -0.2) is 20.4 Å². The largest absolute Gasteiger partial charge is 0.458 e. The number of furan rings is 1. The summed E-state index contributed by atoms with van der Waals surface area (Å²) in [6.45, 7) is 1.83. The van der Waals surface area contributed by atoms with Gasteiger partial charge in [0.15, 0.2) is 5.58 Å². The van der Waals surface area contributed by atoms with Gasteiger partial charge in [0.2, 0.25) is 0 Å². The highest BCUT2D eigenvalue weighted by Gasteiger charge is 2.21. The molecule has 2 aromatic heterocycles. The van der Waals surface area contributed by atoms with E-state index < -0.39 is 5.91 Å². The quantitative estimate of drug-likeness (QED) is 0.423. The Morgan fingerprint density at radius 2 is 1.86 bits per heavy atom. The number of halogens is 2. The van der Waals surface area contributed by atoms with Gasteiger partial charge in [0.05, 0.1) is 33.2 Å². The van der Waals surface area contributed by atoms with E-state index in [0.29, 0.717) is 22.0 Å². The lowest BCUT2D eigenvalue weighted by atomic mass is 10.1. The molecule has 28 heavy (non-hydrogen) atoms. The van der Waals surface area contributed by atoms with Crippen molar-refractivity contribution in [2.24, 2.45) is 0 Å². The average molecular weight is 430 g/mol. The van der Waals surface area contributed by atoms with E-state index in [9.17, 15) is 4.79 Å². The predicted molar refractivity (Wildman–Crippen MR) is 115 cm³/mol. The van der Waals surface area contributed by atoms with Gasteiger partial charge in [-0.15, -0.1) is 0 Å². The van der Waals surface area contributed by atoms with Gasteiger partial charge >= 0.3 is 0 Å². The van der Waals surface area contributed by atoms with Crippen LogP contribution < -0.4 is 5.32 Å². The molecule has 0 saturated carbocycles. The van der Waals surface area contributed by atoms with Crippen molar-refractivity contribution in [3.05, 3.63) is 82.1 Å². The van der Waals surface area contributed by atoms with Gasteiger partial charge in [0, 0.05) is 17.8 Å². The number of anilines is 1. The third-order valence-corrected chi connectivity index (χ3v) is 5.33. The zero-order valence-corrected chi connectivity index (χ0v) is 16.9. The Morgan fingerprint density at radius 3 is 2.54 bits per heavy atom. The number of nitrogens with one attached hydrogen (secondary N) is 1. The molecule has 5 nitrogen and oxygen atoms in total. The smallest absolute Gasteiger partial charge is 0.258 e. The summed E-state index contributed by atoms with van der Waals surface area (Å²) in [5.41, 5.74) is 2.01. The van der Waals surface area contributed by atoms with E-state index >= 15 is 0 Å². The van der Waals surface area contributed by atoms with Crippen molar-refractivity contribution < 1.29 is 9.21 Å². The number of para-hydroxylation sites is 1.